The van der Waals surface area contributed by atoms with Gasteiger partial charge in [0.2, 0.25) is 5.91 Å². The van der Waals surface area contributed by atoms with Crippen molar-refractivity contribution in [1.82, 2.24) is 5.32 Å². The van der Waals surface area contributed by atoms with E-state index in [1.807, 2.05) is 18.4 Å². The summed E-state index contributed by atoms with van der Waals surface area (Å²) in [5.74, 6) is 0.415. The smallest absolute Gasteiger partial charge is 0.227 e. The predicted octanol–water partition coefficient (Wildman–Crippen LogP) is 0.120. The molecule has 0 aliphatic heterocycles. The summed E-state index contributed by atoms with van der Waals surface area (Å²) in [4.78, 5) is 11.7. The van der Waals surface area contributed by atoms with Crippen LogP contribution in [0.15, 0.2) is 12.2 Å². The van der Waals surface area contributed by atoms with Crippen molar-refractivity contribution in [2.24, 2.45) is 11.7 Å². The van der Waals surface area contributed by atoms with Crippen LogP contribution in [0.4, 0.5) is 0 Å². The molecule has 3 unspecified atom stereocenters. The summed E-state index contributed by atoms with van der Waals surface area (Å²) in [6.07, 6.45) is 6.28. The van der Waals surface area contributed by atoms with Crippen molar-refractivity contribution in [2.45, 2.75) is 25.0 Å². The van der Waals surface area contributed by atoms with Gasteiger partial charge in [0.25, 0.3) is 0 Å². The number of nitrogens with two attached hydrogens (primary N) is 1. The lowest BCUT2D eigenvalue weighted by Crippen LogP contribution is -2.44. The first kappa shape index (κ1) is 13.5. The fourth-order valence-corrected chi connectivity index (χ4v) is 2.42. The number of rotatable bonds is 5. The zero-order chi connectivity index (χ0) is 12.2. The SMILES string of the molecule is CSCC(C)(O)CNC(=O)C1C=CC(N)C1. The lowest BCUT2D eigenvalue weighted by atomic mass is 10.1. The number of amides is 1. The van der Waals surface area contributed by atoms with Gasteiger partial charge in [-0.2, -0.15) is 11.8 Å². The molecule has 5 heteroatoms. The minimum Gasteiger partial charge on any atom is -0.387 e. The number of nitrogens with one attached hydrogen (secondary N) is 1. The third-order valence-electron chi connectivity index (χ3n) is 2.55. The van der Waals surface area contributed by atoms with E-state index < -0.39 is 5.60 Å². The summed E-state index contributed by atoms with van der Waals surface area (Å²) >= 11 is 1.56. The van der Waals surface area contributed by atoms with Crippen LogP contribution in [0.25, 0.3) is 0 Å². The van der Waals surface area contributed by atoms with Crippen molar-refractivity contribution in [3.8, 4) is 0 Å². The molecule has 1 rings (SSSR count). The van der Waals surface area contributed by atoms with Crippen LogP contribution < -0.4 is 11.1 Å². The Morgan fingerprint density at radius 2 is 2.38 bits per heavy atom. The normalized spacial score (nSPS) is 27.8. The molecule has 4 nitrogen and oxygen atoms in total. The first-order valence-corrected chi connectivity index (χ1v) is 6.77. The first-order valence-electron chi connectivity index (χ1n) is 5.37. The van der Waals surface area contributed by atoms with E-state index in [0.717, 1.165) is 0 Å². The second-order valence-electron chi connectivity index (χ2n) is 4.54. The Hall–Kier alpha value is -0.520. The predicted molar refractivity (Wildman–Crippen MR) is 67.2 cm³/mol. The van der Waals surface area contributed by atoms with E-state index >= 15 is 0 Å². The molecular formula is C11H20N2O2S. The Labute approximate surface area is 101 Å². The highest BCUT2D eigenvalue weighted by Gasteiger charge is 2.25. The molecule has 0 aromatic rings. The fourth-order valence-electron chi connectivity index (χ4n) is 1.69. The molecule has 0 bridgehead atoms. The average Bonchev–Trinajstić information content (AvgIpc) is 2.61. The van der Waals surface area contributed by atoms with Crippen molar-refractivity contribution >= 4 is 17.7 Å². The fraction of sp³-hybridized carbons (Fsp3) is 0.727. The number of carbonyl (C=O) groups excluding carboxylic acids is 1. The Bertz CT molecular complexity index is 279. The minimum absolute atomic E-state index is 0.0116. The Morgan fingerprint density at radius 1 is 1.69 bits per heavy atom. The van der Waals surface area contributed by atoms with Gasteiger partial charge < -0.3 is 16.2 Å². The number of aliphatic hydroxyl groups is 1. The highest BCUT2D eigenvalue weighted by atomic mass is 32.2. The van der Waals surface area contributed by atoms with Gasteiger partial charge in [0.05, 0.1) is 11.5 Å². The van der Waals surface area contributed by atoms with Crippen LogP contribution in [0.1, 0.15) is 13.3 Å². The number of carbonyl (C=O) groups is 1. The van der Waals surface area contributed by atoms with Gasteiger partial charge in [-0.3, -0.25) is 4.79 Å². The number of hydrogen-bond donors (Lipinski definition) is 3. The molecule has 16 heavy (non-hydrogen) atoms. The molecule has 0 spiro atoms. The molecule has 1 aliphatic rings. The molecule has 92 valence electrons. The number of thioether (sulfide) groups is 1. The maximum atomic E-state index is 11.7. The first-order chi connectivity index (χ1) is 7.44. The topological polar surface area (TPSA) is 75.3 Å². The van der Waals surface area contributed by atoms with Crippen molar-refractivity contribution < 1.29 is 9.90 Å². The van der Waals surface area contributed by atoms with Crippen LogP contribution in [0, 0.1) is 5.92 Å². The second-order valence-corrected chi connectivity index (χ2v) is 5.40. The highest BCUT2D eigenvalue weighted by Crippen LogP contribution is 2.17. The molecule has 3 atom stereocenters. The minimum atomic E-state index is -0.848. The van der Waals surface area contributed by atoms with Crippen molar-refractivity contribution in [3.63, 3.8) is 0 Å². The van der Waals surface area contributed by atoms with Gasteiger partial charge in [-0.15, -0.1) is 0 Å². The Balaban J connectivity index is 2.33. The molecule has 0 heterocycles. The molecule has 0 aromatic carbocycles. The lowest BCUT2D eigenvalue weighted by molar-refractivity contribution is -0.124. The summed E-state index contributed by atoms with van der Waals surface area (Å²) in [6, 6.07) is -0.0116. The molecule has 1 amide bonds. The van der Waals surface area contributed by atoms with Gasteiger partial charge in [0, 0.05) is 18.3 Å². The quantitative estimate of drug-likeness (QED) is 0.601. The van der Waals surface area contributed by atoms with Crippen molar-refractivity contribution in [3.05, 3.63) is 12.2 Å². The molecule has 4 N–H and O–H groups in total. The molecule has 0 radical (unpaired) electrons. The van der Waals surface area contributed by atoms with Crippen LogP contribution in [-0.2, 0) is 4.79 Å². The Morgan fingerprint density at radius 3 is 2.88 bits per heavy atom. The zero-order valence-electron chi connectivity index (χ0n) is 9.77. The van der Waals surface area contributed by atoms with Crippen LogP contribution in [0.5, 0.6) is 0 Å². The molecule has 0 saturated heterocycles. The van der Waals surface area contributed by atoms with Gasteiger partial charge in [0.1, 0.15) is 0 Å². The average molecular weight is 244 g/mol. The highest BCUT2D eigenvalue weighted by molar-refractivity contribution is 7.98. The van der Waals surface area contributed by atoms with E-state index in [0.29, 0.717) is 12.2 Å². The summed E-state index contributed by atoms with van der Waals surface area (Å²) in [5, 5.41) is 12.6. The van der Waals surface area contributed by atoms with Crippen LogP contribution in [0.3, 0.4) is 0 Å². The second kappa shape index (κ2) is 5.70. The third kappa shape index (κ3) is 4.15. The van der Waals surface area contributed by atoms with Crippen LogP contribution >= 0.6 is 11.8 Å². The van der Waals surface area contributed by atoms with Gasteiger partial charge >= 0.3 is 0 Å². The van der Waals surface area contributed by atoms with Gasteiger partial charge in [-0.25, -0.2) is 0 Å². The molecule has 0 saturated carbocycles. The van der Waals surface area contributed by atoms with Crippen LogP contribution in [0.2, 0.25) is 0 Å². The van der Waals surface area contributed by atoms with Gasteiger partial charge in [-0.05, 0) is 19.6 Å². The van der Waals surface area contributed by atoms with Crippen molar-refractivity contribution in [2.75, 3.05) is 18.6 Å². The maximum absolute atomic E-state index is 11.7. The van der Waals surface area contributed by atoms with E-state index in [4.69, 9.17) is 5.73 Å². The van der Waals surface area contributed by atoms with E-state index in [-0.39, 0.29) is 24.4 Å². The van der Waals surface area contributed by atoms with Crippen LogP contribution in [-0.4, -0.2) is 41.2 Å². The molecule has 0 aromatic heterocycles. The summed E-state index contributed by atoms with van der Waals surface area (Å²) in [5.41, 5.74) is 4.83. The van der Waals surface area contributed by atoms with E-state index in [9.17, 15) is 9.90 Å². The zero-order valence-corrected chi connectivity index (χ0v) is 10.6. The van der Waals surface area contributed by atoms with E-state index in [2.05, 4.69) is 5.32 Å². The lowest BCUT2D eigenvalue weighted by Gasteiger charge is -2.23. The summed E-state index contributed by atoms with van der Waals surface area (Å²) in [6.45, 7) is 2.01. The van der Waals surface area contributed by atoms with Gasteiger partial charge in [-0.1, -0.05) is 12.2 Å². The Kier molecular flexibility index (Phi) is 4.83. The van der Waals surface area contributed by atoms with E-state index in [1.165, 1.54) is 0 Å². The monoisotopic (exact) mass is 244 g/mol. The molecular weight excluding hydrogens is 224 g/mol. The molecule has 0 fully saturated rings. The summed E-state index contributed by atoms with van der Waals surface area (Å²) < 4.78 is 0. The third-order valence-corrected chi connectivity index (χ3v) is 3.46. The largest absolute Gasteiger partial charge is 0.387 e. The van der Waals surface area contributed by atoms with Gasteiger partial charge in [0.15, 0.2) is 0 Å². The van der Waals surface area contributed by atoms with E-state index in [1.54, 1.807) is 18.7 Å². The maximum Gasteiger partial charge on any atom is 0.227 e. The molecule has 1 aliphatic carbocycles. The van der Waals surface area contributed by atoms with Crippen molar-refractivity contribution in [1.29, 1.82) is 0 Å². The standard InChI is InChI=1S/C11H20N2O2S/c1-11(15,7-16-2)6-13-10(14)8-3-4-9(12)5-8/h3-4,8-9,15H,5-7,12H2,1-2H3,(H,13,14). The number of hydrogen-bond acceptors (Lipinski definition) is 4. The summed E-state index contributed by atoms with van der Waals surface area (Å²) in [7, 11) is 0.